The van der Waals surface area contributed by atoms with E-state index in [0.717, 1.165) is 12.8 Å². The molecule has 2 aliphatic heterocycles. The number of nitrogens with one attached hydrogen (secondary N) is 1. The van der Waals surface area contributed by atoms with E-state index < -0.39 is 32.4 Å². The van der Waals surface area contributed by atoms with Crippen molar-refractivity contribution in [2.45, 2.75) is 36.7 Å². The maximum atomic E-state index is 14.4. The van der Waals surface area contributed by atoms with Crippen LogP contribution in [0.15, 0.2) is 66.0 Å². The highest BCUT2D eigenvalue weighted by atomic mass is 32.2. The largest absolute Gasteiger partial charge is 0.480 e. The molecular weight excluding hydrogens is 625 g/mol. The van der Waals surface area contributed by atoms with Crippen molar-refractivity contribution in [3.63, 3.8) is 0 Å². The van der Waals surface area contributed by atoms with Gasteiger partial charge in [-0.15, -0.1) is 0 Å². The summed E-state index contributed by atoms with van der Waals surface area (Å²) < 4.78 is 75.4. The van der Waals surface area contributed by atoms with Crippen LogP contribution in [0, 0.1) is 17.5 Å². The van der Waals surface area contributed by atoms with E-state index in [1.54, 1.807) is 12.1 Å². The Balaban J connectivity index is 1.32. The Bertz CT molecular complexity index is 1990. The van der Waals surface area contributed by atoms with Crippen LogP contribution in [0.1, 0.15) is 19.8 Å². The normalized spacial score (nSPS) is 17.9. The van der Waals surface area contributed by atoms with Crippen molar-refractivity contribution < 1.29 is 35.9 Å². The number of ether oxygens (including phenoxy) is 1. The quantitative estimate of drug-likeness (QED) is 0.278. The van der Waals surface area contributed by atoms with E-state index >= 15 is 0 Å². The van der Waals surface area contributed by atoms with Gasteiger partial charge in [0, 0.05) is 60.5 Å². The predicted octanol–water partition coefficient (Wildman–Crippen LogP) is 4.24. The van der Waals surface area contributed by atoms with E-state index in [-0.39, 0.29) is 47.5 Å². The van der Waals surface area contributed by atoms with Crippen molar-refractivity contribution in [2.24, 2.45) is 0 Å². The Morgan fingerprint density at radius 3 is 2.30 bits per heavy atom. The van der Waals surface area contributed by atoms with Crippen molar-refractivity contribution in [2.75, 3.05) is 29.8 Å². The number of allylic oxidation sites excluding steroid dienone is 1. The zero-order chi connectivity index (χ0) is 32.7. The molecule has 0 saturated carbocycles. The molecule has 2 aromatic carbocycles. The van der Waals surface area contributed by atoms with Crippen LogP contribution in [0.2, 0.25) is 0 Å². The molecule has 1 N–H and O–H groups in total. The number of pyridine rings is 1. The van der Waals surface area contributed by atoms with Crippen molar-refractivity contribution in [3.8, 4) is 17.0 Å². The molecule has 2 bridgehead atoms. The second-order valence-electron chi connectivity index (χ2n) is 11.0. The van der Waals surface area contributed by atoms with Gasteiger partial charge in [-0.05, 0) is 49.6 Å². The number of nitrogens with zero attached hydrogens (tertiary/aromatic N) is 5. The molecule has 2 saturated heterocycles. The van der Waals surface area contributed by atoms with Crippen molar-refractivity contribution in [3.05, 3.63) is 78.5 Å². The third-order valence-electron chi connectivity index (χ3n) is 7.97. The molecule has 1 amide bonds. The fourth-order valence-corrected chi connectivity index (χ4v) is 7.18. The van der Waals surface area contributed by atoms with E-state index in [9.17, 15) is 31.2 Å². The van der Waals surface area contributed by atoms with E-state index in [1.165, 1.54) is 44.8 Å². The lowest BCUT2D eigenvalue weighted by molar-refractivity contribution is -0.129. The molecule has 11 nitrogen and oxygen atoms in total. The topological polar surface area (TPSA) is 135 Å². The lowest BCUT2D eigenvalue weighted by Gasteiger charge is -2.41. The third-order valence-corrected chi connectivity index (χ3v) is 9.38. The minimum Gasteiger partial charge on any atom is -0.480 e. The Morgan fingerprint density at radius 1 is 0.957 bits per heavy atom. The van der Waals surface area contributed by atoms with Gasteiger partial charge in [-0.1, -0.05) is 6.07 Å². The summed E-state index contributed by atoms with van der Waals surface area (Å²) in [5.74, 6) is -4.36. The molecule has 15 heteroatoms. The number of hydrogen-bond acceptors (Lipinski definition) is 9. The van der Waals surface area contributed by atoms with Crippen LogP contribution >= 0.6 is 0 Å². The minimum atomic E-state index is -4.86. The highest BCUT2D eigenvalue weighted by Gasteiger charge is 2.42. The van der Waals surface area contributed by atoms with Crippen LogP contribution in [-0.2, 0) is 19.6 Å². The summed E-state index contributed by atoms with van der Waals surface area (Å²) >= 11 is 0. The number of ketones is 1. The summed E-state index contributed by atoms with van der Waals surface area (Å²) in [6.45, 7) is 2.44. The van der Waals surface area contributed by atoms with Gasteiger partial charge in [0.15, 0.2) is 10.7 Å². The number of carbonyl (C=O) groups is 2. The SMILES string of the molecule is COc1ncc(-c2ccc3ncnc(N4CC5CCC(C4)N5C(=O)/C=C/C(C)=O)c3c2)cc1NS(=O)(=O)c1c(F)cc(F)cc1F. The molecule has 2 aromatic heterocycles. The number of fused-ring (bicyclic) bond motifs is 3. The number of hydrogen-bond donors (Lipinski definition) is 1. The van der Waals surface area contributed by atoms with Crippen molar-refractivity contribution >= 4 is 44.1 Å². The molecule has 2 aliphatic rings. The van der Waals surface area contributed by atoms with Crippen LogP contribution in [0.5, 0.6) is 5.88 Å². The lowest BCUT2D eigenvalue weighted by Crippen LogP contribution is -2.55. The number of carbonyl (C=O) groups excluding carboxylic acids is 2. The smallest absolute Gasteiger partial charge is 0.267 e. The number of methoxy groups -OCH3 is 1. The molecule has 4 heterocycles. The molecule has 0 radical (unpaired) electrons. The van der Waals surface area contributed by atoms with Gasteiger partial charge in [0.2, 0.25) is 11.8 Å². The molecule has 2 fully saturated rings. The summed E-state index contributed by atoms with van der Waals surface area (Å²) in [6, 6.07) is 7.16. The molecule has 0 spiro atoms. The predicted molar refractivity (Wildman–Crippen MR) is 162 cm³/mol. The number of anilines is 2. The van der Waals surface area contributed by atoms with E-state index in [0.29, 0.717) is 40.9 Å². The fraction of sp³-hybridized carbons (Fsp3) is 0.258. The second-order valence-corrected chi connectivity index (χ2v) is 12.6. The fourth-order valence-electron chi connectivity index (χ4n) is 6.01. The highest BCUT2D eigenvalue weighted by molar-refractivity contribution is 7.92. The number of benzene rings is 2. The van der Waals surface area contributed by atoms with E-state index in [2.05, 4.69) is 24.6 Å². The molecule has 2 atom stereocenters. The first-order valence-corrected chi connectivity index (χ1v) is 15.7. The van der Waals surface area contributed by atoms with Gasteiger partial charge < -0.3 is 14.5 Å². The Labute approximate surface area is 261 Å². The van der Waals surface area contributed by atoms with Crippen LogP contribution in [0.25, 0.3) is 22.0 Å². The maximum Gasteiger partial charge on any atom is 0.267 e. The number of amides is 1. The molecule has 0 aliphatic carbocycles. The monoisotopic (exact) mass is 652 g/mol. The van der Waals surface area contributed by atoms with Crippen LogP contribution < -0.4 is 14.4 Å². The lowest BCUT2D eigenvalue weighted by atomic mass is 10.0. The Morgan fingerprint density at radius 2 is 1.65 bits per heavy atom. The van der Waals surface area contributed by atoms with E-state index in [4.69, 9.17) is 4.74 Å². The highest BCUT2D eigenvalue weighted by Crippen LogP contribution is 2.37. The maximum absolute atomic E-state index is 14.4. The van der Waals surface area contributed by atoms with Gasteiger partial charge in [0.1, 0.15) is 35.3 Å². The summed E-state index contributed by atoms with van der Waals surface area (Å²) in [4.78, 5) is 39.9. The third kappa shape index (κ3) is 5.85. The molecule has 238 valence electrons. The first-order valence-electron chi connectivity index (χ1n) is 14.2. The molecule has 2 unspecified atom stereocenters. The van der Waals surface area contributed by atoms with Gasteiger partial charge >= 0.3 is 0 Å². The zero-order valence-corrected chi connectivity index (χ0v) is 25.4. The first kappa shape index (κ1) is 31.0. The summed E-state index contributed by atoms with van der Waals surface area (Å²) in [6.07, 6.45) is 7.13. The standard InChI is InChI=1S/C31H27F3N6O5S/c1-17(41)3-8-28(42)40-21-5-6-22(40)15-39(14-21)30-23-9-18(4-7-26(23)36-16-37-30)19-10-27(31(45-2)35-13-19)38-46(43,44)29-24(33)11-20(32)12-25(29)34/h3-4,7-13,16,21-22,38H,5-6,14-15H2,1-2H3/b8-3+. The summed E-state index contributed by atoms with van der Waals surface area (Å²) in [5, 5.41) is 0.698. The second kappa shape index (κ2) is 12.0. The van der Waals surface area contributed by atoms with Crippen LogP contribution in [-0.4, -0.2) is 72.2 Å². The zero-order valence-electron chi connectivity index (χ0n) is 24.6. The molecule has 4 aromatic rings. The number of halogens is 3. The number of piperazine rings is 1. The Kier molecular flexibility index (Phi) is 8.10. The Hall–Kier alpha value is -5.05. The van der Waals surface area contributed by atoms with Gasteiger partial charge in [0.05, 0.1) is 12.6 Å². The average molecular weight is 653 g/mol. The number of aromatic nitrogens is 3. The summed E-state index contributed by atoms with van der Waals surface area (Å²) in [7, 11) is -3.62. The first-order chi connectivity index (χ1) is 21.9. The molecular formula is C31H27F3N6O5S. The van der Waals surface area contributed by atoms with Gasteiger partial charge in [-0.25, -0.2) is 36.5 Å². The van der Waals surface area contributed by atoms with Gasteiger partial charge in [0.25, 0.3) is 10.0 Å². The number of sulfonamides is 1. The molecule has 6 rings (SSSR count). The summed E-state index contributed by atoms with van der Waals surface area (Å²) in [5.41, 5.74) is 1.48. The van der Waals surface area contributed by atoms with Gasteiger partial charge in [-0.3, -0.25) is 14.3 Å². The van der Waals surface area contributed by atoms with E-state index in [1.807, 2.05) is 11.0 Å². The minimum absolute atomic E-state index is 0.0618. The average Bonchev–Trinajstić information content (AvgIpc) is 3.27. The van der Waals surface area contributed by atoms with Gasteiger partial charge in [-0.2, -0.15) is 0 Å². The van der Waals surface area contributed by atoms with Crippen LogP contribution in [0.4, 0.5) is 24.7 Å². The van der Waals surface area contributed by atoms with Crippen molar-refractivity contribution in [1.29, 1.82) is 0 Å². The van der Waals surface area contributed by atoms with Crippen LogP contribution in [0.3, 0.4) is 0 Å². The van der Waals surface area contributed by atoms with Crippen molar-refractivity contribution in [1.82, 2.24) is 19.9 Å². The molecule has 46 heavy (non-hydrogen) atoms. The number of rotatable bonds is 8.